The van der Waals surface area contributed by atoms with E-state index in [2.05, 4.69) is 15.3 Å². The SMILES string of the molecule is Bc1c(B)c(B)c(C(=O)Nc2cc3cc(-c4cncn4C)ccc3cn2)c(F)c1B. The normalized spacial score (nSPS) is 11.0. The van der Waals surface area contributed by atoms with Gasteiger partial charge in [0.1, 0.15) is 43.0 Å². The zero-order valence-electron chi connectivity index (χ0n) is 17.7. The van der Waals surface area contributed by atoms with E-state index in [9.17, 15) is 9.18 Å². The number of aryl methyl sites for hydroxylation is 1. The molecule has 2 heterocycles. The highest BCUT2D eigenvalue weighted by atomic mass is 19.1. The molecular formula is C20H19B4FN4O. The minimum Gasteiger partial charge on any atom is -0.334 e. The van der Waals surface area contributed by atoms with Crippen LogP contribution in [0.4, 0.5) is 10.2 Å². The highest BCUT2D eigenvalue weighted by molar-refractivity contribution is 6.63. The molecule has 4 aromatic rings. The second kappa shape index (κ2) is 7.52. The molecule has 0 spiro atoms. The summed E-state index contributed by atoms with van der Waals surface area (Å²) in [5.41, 5.74) is 5.00. The molecule has 5 nitrogen and oxygen atoms in total. The minimum absolute atomic E-state index is 0.0705. The molecule has 10 heteroatoms. The molecular weight excluding hydrogens is 374 g/mol. The third-order valence-electron chi connectivity index (χ3n) is 5.91. The summed E-state index contributed by atoms with van der Waals surface area (Å²) in [6, 6.07) is 7.81. The van der Waals surface area contributed by atoms with Crippen molar-refractivity contribution in [2.45, 2.75) is 0 Å². The fraction of sp³-hybridized carbons (Fsp3) is 0.0500. The first kappa shape index (κ1) is 20.0. The number of rotatable bonds is 3. The van der Waals surface area contributed by atoms with Gasteiger partial charge in [-0.15, -0.1) is 5.46 Å². The monoisotopic (exact) mass is 394 g/mol. The molecule has 30 heavy (non-hydrogen) atoms. The fourth-order valence-corrected chi connectivity index (χ4v) is 3.72. The molecule has 0 fully saturated rings. The van der Waals surface area contributed by atoms with Gasteiger partial charge in [-0.05, 0) is 17.5 Å². The van der Waals surface area contributed by atoms with Gasteiger partial charge in [0.2, 0.25) is 0 Å². The van der Waals surface area contributed by atoms with Crippen LogP contribution in [0, 0.1) is 5.82 Å². The molecule has 0 atom stereocenters. The van der Waals surface area contributed by atoms with Crippen LogP contribution in [0.5, 0.6) is 0 Å². The second-order valence-corrected chi connectivity index (χ2v) is 7.66. The van der Waals surface area contributed by atoms with Crippen molar-refractivity contribution < 1.29 is 9.18 Å². The van der Waals surface area contributed by atoms with E-state index in [0.717, 1.165) is 33.0 Å². The van der Waals surface area contributed by atoms with E-state index in [4.69, 9.17) is 0 Å². The smallest absolute Gasteiger partial charge is 0.259 e. The number of amides is 1. The Balaban J connectivity index is 1.71. The number of fused-ring (bicyclic) bond motifs is 1. The first-order valence-corrected chi connectivity index (χ1v) is 9.71. The summed E-state index contributed by atoms with van der Waals surface area (Å²) in [5, 5.41) is 4.64. The van der Waals surface area contributed by atoms with E-state index in [0.29, 0.717) is 16.7 Å². The largest absolute Gasteiger partial charge is 0.334 e. The minimum atomic E-state index is -0.495. The van der Waals surface area contributed by atoms with Crippen LogP contribution in [-0.4, -0.2) is 51.8 Å². The first-order valence-electron chi connectivity index (χ1n) is 9.71. The number of pyridine rings is 1. The Morgan fingerprint density at radius 3 is 2.43 bits per heavy atom. The average Bonchev–Trinajstić information content (AvgIpc) is 3.16. The number of imidazole rings is 1. The molecule has 144 valence electrons. The topological polar surface area (TPSA) is 59.8 Å². The van der Waals surface area contributed by atoms with Crippen molar-refractivity contribution in [3.63, 3.8) is 0 Å². The highest BCUT2D eigenvalue weighted by Gasteiger charge is 2.20. The van der Waals surface area contributed by atoms with Crippen molar-refractivity contribution in [2.75, 3.05) is 5.32 Å². The molecule has 0 saturated heterocycles. The number of carbonyl (C=O) groups is 1. The lowest BCUT2D eigenvalue weighted by Gasteiger charge is -2.17. The van der Waals surface area contributed by atoms with Gasteiger partial charge in [-0.1, -0.05) is 28.5 Å². The number of benzene rings is 2. The van der Waals surface area contributed by atoms with Crippen molar-refractivity contribution >= 4 is 75.7 Å². The maximum absolute atomic E-state index is 14.9. The van der Waals surface area contributed by atoms with E-state index >= 15 is 0 Å². The molecule has 0 unspecified atom stereocenters. The molecule has 2 aromatic heterocycles. The molecule has 0 saturated carbocycles. The van der Waals surface area contributed by atoms with Gasteiger partial charge < -0.3 is 9.88 Å². The molecule has 0 bridgehead atoms. The summed E-state index contributed by atoms with van der Waals surface area (Å²) in [4.78, 5) is 21.4. The van der Waals surface area contributed by atoms with Crippen LogP contribution in [0.15, 0.2) is 43.0 Å². The van der Waals surface area contributed by atoms with Crippen LogP contribution in [-0.2, 0) is 7.05 Å². The number of carbonyl (C=O) groups excluding carboxylic acids is 1. The van der Waals surface area contributed by atoms with Crippen LogP contribution in [0.3, 0.4) is 0 Å². The van der Waals surface area contributed by atoms with Gasteiger partial charge in [-0.2, -0.15) is 0 Å². The van der Waals surface area contributed by atoms with Crippen molar-refractivity contribution in [1.29, 1.82) is 0 Å². The van der Waals surface area contributed by atoms with Gasteiger partial charge in [0.05, 0.1) is 23.8 Å². The zero-order chi connectivity index (χ0) is 21.6. The predicted molar refractivity (Wildman–Crippen MR) is 131 cm³/mol. The van der Waals surface area contributed by atoms with Gasteiger partial charge in [0.25, 0.3) is 5.91 Å². The zero-order valence-corrected chi connectivity index (χ0v) is 17.7. The van der Waals surface area contributed by atoms with Crippen LogP contribution in [0.25, 0.3) is 22.0 Å². The summed E-state index contributed by atoms with van der Waals surface area (Å²) in [6.45, 7) is 0. The van der Waals surface area contributed by atoms with E-state index in [1.54, 1.807) is 40.5 Å². The third-order valence-corrected chi connectivity index (χ3v) is 5.91. The van der Waals surface area contributed by atoms with Crippen molar-refractivity contribution in [2.24, 2.45) is 7.05 Å². The molecule has 0 aliphatic carbocycles. The molecule has 0 aliphatic heterocycles. The first-order chi connectivity index (χ1) is 14.3. The van der Waals surface area contributed by atoms with Crippen molar-refractivity contribution in [1.82, 2.24) is 14.5 Å². The Morgan fingerprint density at radius 2 is 1.73 bits per heavy atom. The Hall–Kier alpha value is -3.28. The second-order valence-electron chi connectivity index (χ2n) is 7.66. The Kier molecular flexibility index (Phi) is 5.02. The summed E-state index contributed by atoms with van der Waals surface area (Å²) in [7, 11) is 9.18. The van der Waals surface area contributed by atoms with Crippen molar-refractivity contribution in [3.8, 4) is 11.3 Å². The van der Waals surface area contributed by atoms with Gasteiger partial charge in [-0.25, -0.2) is 14.4 Å². The number of anilines is 1. The predicted octanol–water partition coefficient (Wildman–Crippen LogP) is -2.94. The number of halogens is 1. The van der Waals surface area contributed by atoms with E-state index in [1.807, 2.05) is 45.5 Å². The maximum Gasteiger partial charge on any atom is 0.259 e. The summed E-state index contributed by atoms with van der Waals surface area (Å²) in [5.74, 6) is -0.595. The Morgan fingerprint density at radius 1 is 1.00 bits per heavy atom. The van der Waals surface area contributed by atoms with Crippen LogP contribution >= 0.6 is 0 Å². The number of hydrogen-bond acceptors (Lipinski definition) is 3. The van der Waals surface area contributed by atoms with Crippen LogP contribution in [0.1, 0.15) is 10.4 Å². The van der Waals surface area contributed by atoms with E-state index < -0.39 is 11.7 Å². The molecule has 0 aliphatic rings. The van der Waals surface area contributed by atoms with Gasteiger partial charge in [-0.3, -0.25) is 4.79 Å². The quantitative estimate of drug-likeness (QED) is 0.379. The summed E-state index contributed by atoms with van der Waals surface area (Å²) in [6.07, 6.45) is 5.26. The van der Waals surface area contributed by atoms with Crippen LogP contribution in [0.2, 0.25) is 0 Å². The third kappa shape index (κ3) is 3.32. The summed E-state index contributed by atoms with van der Waals surface area (Å²) < 4.78 is 16.8. The molecule has 1 amide bonds. The molecule has 4 rings (SSSR count). The lowest BCUT2D eigenvalue weighted by molar-refractivity contribution is 0.102. The van der Waals surface area contributed by atoms with Gasteiger partial charge in [0, 0.05) is 24.2 Å². The number of nitrogens with one attached hydrogen (secondary N) is 1. The highest BCUT2D eigenvalue weighted by Crippen LogP contribution is 2.25. The van der Waals surface area contributed by atoms with E-state index in [-0.39, 0.29) is 5.56 Å². The molecule has 0 radical (unpaired) electrons. The van der Waals surface area contributed by atoms with E-state index in [1.165, 1.54) is 0 Å². The fourth-order valence-electron chi connectivity index (χ4n) is 3.72. The van der Waals surface area contributed by atoms with Crippen molar-refractivity contribution in [3.05, 3.63) is 54.4 Å². The van der Waals surface area contributed by atoms with Gasteiger partial charge in [0.15, 0.2) is 0 Å². The number of aromatic nitrogens is 3. The van der Waals surface area contributed by atoms with Crippen LogP contribution < -0.4 is 27.2 Å². The molecule has 2 aromatic carbocycles. The average molecular weight is 394 g/mol. The summed E-state index contributed by atoms with van der Waals surface area (Å²) >= 11 is 0. The molecule has 1 N–H and O–H groups in total. The standard InChI is InChI=1S/C20H19B4FN4O/c1-29-8-26-7-12(29)9-2-3-10-6-27-13(5-11(10)4-9)28-20(30)14-15(21)16(22)17(23)18(24)19(14)25/h2-8H,21-24H2,1H3,(H,27,28,30). The lowest BCUT2D eigenvalue weighted by atomic mass is 9.65. The van der Waals surface area contributed by atoms with Gasteiger partial charge >= 0.3 is 0 Å². The Labute approximate surface area is 177 Å². The number of nitrogens with zero attached hydrogens (tertiary/aromatic N) is 3. The maximum atomic E-state index is 14.9. The Bertz CT molecular complexity index is 1290. The lowest BCUT2D eigenvalue weighted by Crippen LogP contribution is -2.52. The number of hydrogen-bond donors (Lipinski definition) is 1.